The summed E-state index contributed by atoms with van der Waals surface area (Å²) in [6.45, 7) is 20.3. The minimum Gasteiger partial charge on any atom is -0.341 e. The smallest absolute Gasteiger partial charge is 0.225 e. The third kappa shape index (κ3) is 4.08. The maximum Gasteiger partial charge on any atom is 0.225 e. The number of likely N-dealkylation sites (tertiary alicyclic amines) is 2. The average Bonchev–Trinajstić information content (AvgIpc) is 2.38. The third-order valence-corrected chi connectivity index (χ3v) is 4.40. The topological polar surface area (TPSA) is 23.6 Å². The lowest BCUT2D eigenvalue weighted by Gasteiger charge is -2.54. The molecule has 0 aromatic heterocycles. The minimum atomic E-state index is 0.156. The lowest BCUT2D eigenvalue weighted by molar-refractivity contribution is -0.150. The van der Waals surface area contributed by atoms with Crippen molar-refractivity contribution in [1.29, 1.82) is 0 Å². The molecule has 2 rings (SSSR count). The number of hydrogen-bond acceptors (Lipinski definition) is 2. The van der Waals surface area contributed by atoms with E-state index < -0.39 is 0 Å². The molecule has 0 radical (unpaired) electrons. The van der Waals surface area contributed by atoms with Crippen LogP contribution in [0.3, 0.4) is 0 Å². The van der Waals surface area contributed by atoms with Crippen LogP contribution in [0.1, 0.15) is 40.5 Å². The van der Waals surface area contributed by atoms with Crippen LogP contribution in [-0.4, -0.2) is 48.4 Å². The van der Waals surface area contributed by atoms with E-state index in [4.69, 9.17) is 0 Å². The SMILES string of the molecule is C=C.CC(C)CN1CCC2(CC1)CN(C(=O)C(C)C)C2. The first-order chi connectivity index (χ1) is 9.42. The Hall–Kier alpha value is -0.830. The zero-order valence-electron chi connectivity index (χ0n) is 13.8. The molecule has 0 bridgehead atoms. The van der Waals surface area contributed by atoms with Gasteiger partial charge in [-0.15, -0.1) is 13.2 Å². The number of hydrogen-bond donors (Lipinski definition) is 0. The van der Waals surface area contributed by atoms with Crippen molar-refractivity contribution in [2.75, 3.05) is 32.7 Å². The van der Waals surface area contributed by atoms with Crippen LogP contribution >= 0.6 is 0 Å². The maximum absolute atomic E-state index is 11.9. The van der Waals surface area contributed by atoms with Crippen LogP contribution in [0.25, 0.3) is 0 Å². The first-order valence-corrected chi connectivity index (χ1v) is 7.93. The van der Waals surface area contributed by atoms with Gasteiger partial charge in [-0.25, -0.2) is 0 Å². The van der Waals surface area contributed by atoms with E-state index in [0.717, 1.165) is 19.0 Å². The molecule has 0 atom stereocenters. The quantitative estimate of drug-likeness (QED) is 0.742. The van der Waals surface area contributed by atoms with Gasteiger partial charge in [-0.3, -0.25) is 4.79 Å². The van der Waals surface area contributed by atoms with Gasteiger partial charge in [0.1, 0.15) is 0 Å². The summed E-state index contributed by atoms with van der Waals surface area (Å²) >= 11 is 0. The van der Waals surface area contributed by atoms with Gasteiger partial charge in [-0.05, 0) is 31.8 Å². The summed E-state index contributed by atoms with van der Waals surface area (Å²) < 4.78 is 0. The van der Waals surface area contributed by atoms with E-state index in [1.807, 2.05) is 13.8 Å². The summed E-state index contributed by atoms with van der Waals surface area (Å²) in [6, 6.07) is 0. The van der Waals surface area contributed by atoms with E-state index in [-0.39, 0.29) is 5.92 Å². The number of nitrogens with zero attached hydrogens (tertiary/aromatic N) is 2. The summed E-state index contributed by atoms with van der Waals surface area (Å²) in [5, 5.41) is 0. The zero-order valence-corrected chi connectivity index (χ0v) is 13.8. The van der Waals surface area contributed by atoms with Crippen molar-refractivity contribution in [1.82, 2.24) is 9.80 Å². The summed E-state index contributed by atoms with van der Waals surface area (Å²) in [7, 11) is 0. The van der Waals surface area contributed by atoms with Gasteiger partial charge in [-0.2, -0.15) is 0 Å². The van der Waals surface area contributed by atoms with Gasteiger partial charge in [0, 0.05) is 31.0 Å². The maximum atomic E-state index is 11.9. The zero-order chi connectivity index (χ0) is 15.3. The molecular formula is C17H32N2O. The molecule has 20 heavy (non-hydrogen) atoms. The van der Waals surface area contributed by atoms with Crippen molar-refractivity contribution in [3.05, 3.63) is 13.2 Å². The number of carbonyl (C=O) groups excluding carboxylic acids is 1. The van der Waals surface area contributed by atoms with Crippen molar-refractivity contribution >= 4 is 5.91 Å². The highest BCUT2D eigenvalue weighted by Crippen LogP contribution is 2.40. The van der Waals surface area contributed by atoms with Crippen molar-refractivity contribution < 1.29 is 4.79 Å². The fourth-order valence-corrected chi connectivity index (χ4v) is 3.33. The molecule has 3 nitrogen and oxygen atoms in total. The molecule has 0 N–H and O–H groups in total. The van der Waals surface area contributed by atoms with E-state index in [1.165, 1.54) is 32.5 Å². The first-order valence-electron chi connectivity index (χ1n) is 7.93. The van der Waals surface area contributed by atoms with Gasteiger partial charge >= 0.3 is 0 Å². The van der Waals surface area contributed by atoms with Crippen LogP contribution in [0.15, 0.2) is 13.2 Å². The molecule has 3 heteroatoms. The predicted molar refractivity (Wildman–Crippen MR) is 85.6 cm³/mol. The van der Waals surface area contributed by atoms with Gasteiger partial charge in [-0.1, -0.05) is 27.7 Å². The average molecular weight is 280 g/mol. The Balaban J connectivity index is 0.000000956. The fourth-order valence-electron chi connectivity index (χ4n) is 3.33. The molecule has 0 aromatic rings. The molecule has 2 aliphatic rings. The Labute approximate surface area is 125 Å². The highest BCUT2D eigenvalue weighted by molar-refractivity contribution is 5.79. The lowest BCUT2D eigenvalue weighted by Crippen LogP contribution is -2.62. The summed E-state index contributed by atoms with van der Waals surface area (Å²) in [6.07, 6.45) is 2.56. The van der Waals surface area contributed by atoms with Crippen LogP contribution in [-0.2, 0) is 4.79 Å². The second-order valence-corrected chi connectivity index (χ2v) is 7.04. The van der Waals surface area contributed by atoms with Crippen molar-refractivity contribution in [2.24, 2.45) is 17.3 Å². The van der Waals surface area contributed by atoms with Crippen LogP contribution in [0.2, 0.25) is 0 Å². The van der Waals surface area contributed by atoms with Crippen LogP contribution in [0, 0.1) is 17.3 Å². The second kappa shape index (κ2) is 7.26. The predicted octanol–water partition coefficient (Wildman–Crippen LogP) is 3.03. The van der Waals surface area contributed by atoms with Crippen molar-refractivity contribution in [3.63, 3.8) is 0 Å². The van der Waals surface area contributed by atoms with Gasteiger partial charge in [0.15, 0.2) is 0 Å². The Morgan fingerprint density at radius 2 is 1.60 bits per heavy atom. The summed E-state index contributed by atoms with van der Waals surface area (Å²) in [5.41, 5.74) is 0.470. The largest absolute Gasteiger partial charge is 0.341 e. The Kier molecular flexibility index (Phi) is 6.25. The van der Waals surface area contributed by atoms with E-state index in [2.05, 4.69) is 36.8 Å². The highest BCUT2D eigenvalue weighted by Gasteiger charge is 2.46. The van der Waals surface area contributed by atoms with Crippen LogP contribution < -0.4 is 0 Å². The molecule has 2 aliphatic heterocycles. The van der Waals surface area contributed by atoms with E-state index in [1.54, 1.807) is 0 Å². The Morgan fingerprint density at radius 3 is 2.00 bits per heavy atom. The standard InChI is InChI=1S/C15H28N2O.C2H4/c1-12(2)9-16-7-5-15(6-8-16)10-17(11-15)14(18)13(3)4;1-2/h12-13H,5-11H2,1-4H3;1-2H2. The van der Waals surface area contributed by atoms with Crippen LogP contribution in [0.4, 0.5) is 0 Å². The fraction of sp³-hybridized carbons (Fsp3) is 0.824. The number of rotatable bonds is 3. The number of carbonyl (C=O) groups is 1. The Bertz CT molecular complexity index is 309. The Morgan fingerprint density at radius 1 is 1.10 bits per heavy atom. The van der Waals surface area contributed by atoms with Crippen LogP contribution in [0.5, 0.6) is 0 Å². The monoisotopic (exact) mass is 280 g/mol. The molecule has 2 fully saturated rings. The molecule has 0 saturated carbocycles. The molecule has 2 heterocycles. The van der Waals surface area contributed by atoms with Gasteiger partial charge < -0.3 is 9.80 Å². The normalized spacial score (nSPS) is 21.6. The highest BCUT2D eigenvalue weighted by atomic mass is 16.2. The molecule has 1 amide bonds. The van der Waals surface area contributed by atoms with E-state index in [0.29, 0.717) is 11.3 Å². The summed E-state index contributed by atoms with van der Waals surface area (Å²) in [4.78, 5) is 16.5. The molecule has 0 aliphatic carbocycles. The number of amides is 1. The summed E-state index contributed by atoms with van der Waals surface area (Å²) in [5.74, 6) is 1.26. The molecule has 2 saturated heterocycles. The minimum absolute atomic E-state index is 0.156. The number of piperidine rings is 1. The lowest BCUT2D eigenvalue weighted by atomic mass is 9.71. The molecule has 0 aromatic carbocycles. The van der Waals surface area contributed by atoms with E-state index in [9.17, 15) is 4.79 Å². The van der Waals surface area contributed by atoms with E-state index >= 15 is 0 Å². The first kappa shape index (κ1) is 17.2. The van der Waals surface area contributed by atoms with Gasteiger partial charge in [0.2, 0.25) is 5.91 Å². The van der Waals surface area contributed by atoms with Crippen molar-refractivity contribution in [3.8, 4) is 0 Å². The molecular weight excluding hydrogens is 248 g/mol. The van der Waals surface area contributed by atoms with Gasteiger partial charge in [0.25, 0.3) is 0 Å². The second-order valence-electron chi connectivity index (χ2n) is 7.04. The molecule has 1 spiro atoms. The van der Waals surface area contributed by atoms with Crippen molar-refractivity contribution in [2.45, 2.75) is 40.5 Å². The molecule has 116 valence electrons. The molecule has 0 unspecified atom stereocenters. The third-order valence-electron chi connectivity index (χ3n) is 4.40. The van der Waals surface area contributed by atoms with Gasteiger partial charge in [0.05, 0.1) is 0 Å².